The molecule has 0 spiro atoms. The summed E-state index contributed by atoms with van der Waals surface area (Å²) in [6, 6.07) is 9.34. The maximum absolute atomic E-state index is 14.4. The van der Waals surface area contributed by atoms with Crippen molar-refractivity contribution in [3.63, 3.8) is 0 Å². The monoisotopic (exact) mass is 335 g/mol. The summed E-state index contributed by atoms with van der Waals surface area (Å²) in [6.45, 7) is 1.69. The molecule has 23 heavy (non-hydrogen) atoms. The van der Waals surface area contributed by atoms with Crippen LogP contribution >= 0.6 is 0 Å². The Kier molecular flexibility index (Phi) is 4.12. The smallest absolute Gasteiger partial charge is 0.206 e. The van der Waals surface area contributed by atoms with Gasteiger partial charge in [-0.3, -0.25) is 0 Å². The summed E-state index contributed by atoms with van der Waals surface area (Å²) in [5, 5.41) is 9.26. The number of likely N-dealkylation sites (tertiary alicyclic amines) is 1. The van der Waals surface area contributed by atoms with Crippen LogP contribution in [0.1, 0.15) is 17.9 Å². The van der Waals surface area contributed by atoms with Crippen molar-refractivity contribution in [3.05, 3.63) is 53.8 Å². The minimum Gasteiger partial charge on any atom is -0.508 e. The van der Waals surface area contributed by atoms with Crippen molar-refractivity contribution >= 4 is 9.84 Å². The maximum atomic E-state index is 14.4. The molecule has 0 aliphatic carbocycles. The van der Waals surface area contributed by atoms with E-state index in [1.54, 1.807) is 6.07 Å². The molecule has 1 atom stereocenters. The number of sulfone groups is 1. The molecule has 2 aromatic carbocycles. The lowest BCUT2D eigenvalue weighted by Crippen LogP contribution is -2.14. The fourth-order valence-corrected chi connectivity index (χ4v) is 4.23. The van der Waals surface area contributed by atoms with Crippen molar-refractivity contribution in [1.29, 1.82) is 0 Å². The van der Waals surface area contributed by atoms with Crippen molar-refractivity contribution in [3.8, 4) is 5.75 Å². The second-order valence-electron chi connectivity index (χ2n) is 5.93. The summed E-state index contributed by atoms with van der Waals surface area (Å²) in [7, 11) is -1.80. The van der Waals surface area contributed by atoms with E-state index in [0.717, 1.165) is 25.6 Å². The van der Waals surface area contributed by atoms with Gasteiger partial charge in [-0.2, -0.15) is 0 Å². The van der Waals surface area contributed by atoms with Gasteiger partial charge in [0, 0.05) is 12.5 Å². The Balaban J connectivity index is 1.94. The Morgan fingerprint density at radius 2 is 1.78 bits per heavy atom. The van der Waals surface area contributed by atoms with Gasteiger partial charge >= 0.3 is 0 Å². The lowest BCUT2D eigenvalue weighted by molar-refractivity contribution is 0.410. The van der Waals surface area contributed by atoms with Crippen LogP contribution in [-0.2, 0) is 9.84 Å². The molecule has 2 aromatic rings. The molecule has 1 aliphatic heterocycles. The molecule has 0 unspecified atom stereocenters. The summed E-state index contributed by atoms with van der Waals surface area (Å²) in [5.41, 5.74) is 0.569. The van der Waals surface area contributed by atoms with Crippen LogP contribution < -0.4 is 0 Å². The summed E-state index contributed by atoms with van der Waals surface area (Å²) < 4.78 is 39.5. The first-order valence-corrected chi connectivity index (χ1v) is 8.88. The van der Waals surface area contributed by atoms with E-state index in [9.17, 15) is 17.9 Å². The zero-order valence-electron chi connectivity index (χ0n) is 12.7. The van der Waals surface area contributed by atoms with E-state index in [2.05, 4.69) is 4.90 Å². The Morgan fingerprint density at radius 3 is 2.35 bits per heavy atom. The number of phenolic OH excluding ortho intramolecular Hbond substituents is 1. The Hall–Kier alpha value is -1.92. The molecule has 0 saturated carbocycles. The van der Waals surface area contributed by atoms with Crippen LogP contribution in [0.5, 0.6) is 5.75 Å². The molecule has 3 rings (SSSR count). The third-order valence-corrected chi connectivity index (χ3v) is 6.03. The zero-order valence-corrected chi connectivity index (χ0v) is 13.6. The van der Waals surface area contributed by atoms with E-state index >= 15 is 0 Å². The van der Waals surface area contributed by atoms with E-state index < -0.39 is 15.7 Å². The van der Waals surface area contributed by atoms with Crippen molar-refractivity contribution in [1.82, 2.24) is 4.90 Å². The van der Waals surface area contributed by atoms with E-state index in [-0.39, 0.29) is 21.5 Å². The number of rotatable bonds is 3. The lowest BCUT2D eigenvalue weighted by atomic mass is 9.98. The van der Waals surface area contributed by atoms with Gasteiger partial charge in [-0.1, -0.05) is 6.07 Å². The van der Waals surface area contributed by atoms with Crippen molar-refractivity contribution < 1.29 is 17.9 Å². The third-order valence-electron chi connectivity index (χ3n) is 4.26. The molecule has 1 fully saturated rings. The van der Waals surface area contributed by atoms with Crippen LogP contribution in [0.25, 0.3) is 0 Å². The number of benzene rings is 2. The molecule has 0 amide bonds. The van der Waals surface area contributed by atoms with Gasteiger partial charge in [0.25, 0.3) is 0 Å². The van der Waals surface area contributed by atoms with Gasteiger partial charge in [0.2, 0.25) is 9.84 Å². The summed E-state index contributed by atoms with van der Waals surface area (Å²) in [5.74, 6) is -0.397. The maximum Gasteiger partial charge on any atom is 0.206 e. The van der Waals surface area contributed by atoms with Gasteiger partial charge in [0.15, 0.2) is 0 Å². The minimum atomic E-state index is -3.79. The Morgan fingerprint density at radius 1 is 1.13 bits per heavy atom. The van der Waals surface area contributed by atoms with Crippen molar-refractivity contribution in [2.24, 2.45) is 0 Å². The molecule has 0 radical (unpaired) electrons. The largest absolute Gasteiger partial charge is 0.508 e. The average Bonchev–Trinajstić information content (AvgIpc) is 2.94. The van der Waals surface area contributed by atoms with Crippen molar-refractivity contribution in [2.45, 2.75) is 22.1 Å². The third kappa shape index (κ3) is 3.09. The number of aromatic hydroxyl groups is 1. The minimum absolute atomic E-state index is 0.0177. The Labute approximate surface area is 135 Å². The van der Waals surface area contributed by atoms with Crippen LogP contribution in [0.2, 0.25) is 0 Å². The van der Waals surface area contributed by atoms with Gasteiger partial charge in [0.05, 0.1) is 9.79 Å². The number of hydrogen-bond acceptors (Lipinski definition) is 4. The van der Waals surface area contributed by atoms with Crippen LogP contribution in [0.3, 0.4) is 0 Å². The molecular formula is C17H18FNO3S. The first-order chi connectivity index (χ1) is 10.9. The fourth-order valence-electron chi connectivity index (χ4n) is 2.96. The molecule has 6 heteroatoms. The summed E-state index contributed by atoms with van der Waals surface area (Å²) >= 11 is 0. The second-order valence-corrected chi connectivity index (χ2v) is 7.88. The predicted octanol–water partition coefficient (Wildman–Crippen LogP) is 2.78. The standard InChI is InChI=1S/C17H18FNO3S/c1-19-9-8-12(11-19)16-7-6-15(10-17(16)18)23(21,22)14-4-2-13(20)3-5-14/h2-7,10,12,20H,8-9,11H2,1H3/t12-/m0/s1. The molecule has 1 saturated heterocycles. The molecule has 4 nitrogen and oxygen atoms in total. The van der Waals surface area contributed by atoms with Crippen molar-refractivity contribution in [2.75, 3.05) is 20.1 Å². The topological polar surface area (TPSA) is 57.6 Å². The van der Waals surface area contributed by atoms with E-state index in [1.165, 1.54) is 30.3 Å². The highest BCUT2D eigenvalue weighted by molar-refractivity contribution is 7.91. The number of likely N-dealkylation sites (N-methyl/N-ethyl adjacent to an activating group) is 1. The van der Waals surface area contributed by atoms with Gasteiger partial charge in [-0.15, -0.1) is 0 Å². The number of halogens is 1. The zero-order chi connectivity index (χ0) is 16.6. The van der Waals surface area contributed by atoms with Gasteiger partial charge in [0.1, 0.15) is 11.6 Å². The highest BCUT2D eigenvalue weighted by atomic mass is 32.2. The van der Waals surface area contributed by atoms with Crippen LogP contribution in [-0.4, -0.2) is 38.6 Å². The quantitative estimate of drug-likeness (QED) is 0.937. The van der Waals surface area contributed by atoms with Gasteiger partial charge < -0.3 is 10.0 Å². The second kappa shape index (κ2) is 5.94. The molecule has 1 heterocycles. The summed E-state index contributed by atoms with van der Waals surface area (Å²) in [4.78, 5) is 2.09. The number of hydrogen-bond donors (Lipinski definition) is 1. The van der Waals surface area contributed by atoms with E-state index in [0.29, 0.717) is 5.56 Å². The molecule has 122 valence electrons. The lowest BCUT2D eigenvalue weighted by Gasteiger charge is -2.13. The van der Waals surface area contributed by atoms with E-state index in [4.69, 9.17) is 0 Å². The predicted molar refractivity (Wildman–Crippen MR) is 84.8 cm³/mol. The van der Waals surface area contributed by atoms with Gasteiger partial charge in [-0.25, -0.2) is 12.8 Å². The summed E-state index contributed by atoms with van der Waals surface area (Å²) in [6.07, 6.45) is 0.872. The molecule has 1 aliphatic rings. The highest BCUT2D eigenvalue weighted by Gasteiger charge is 2.25. The van der Waals surface area contributed by atoms with Crippen LogP contribution in [0.4, 0.5) is 4.39 Å². The number of nitrogens with zero attached hydrogens (tertiary/aromatic N) is 1. The molecule has 0 bridgehead atoms. The molecule has 0 aromatic heterocycles. The highest BCUT2D eigenvalue weighted by Crippen LogP contribution is 2.31. The fraction of sp³-hybridized carbons (Fsp3) is 0.294. The Bertz CT molecular complexity index is 818. The first-order valence-electron chi connectivity index (χ1n) is 7.40. The SMILES string of the molecule is CN1CC[C@H](c2ccc(S(=O)(=O)c3ccc(O)cc3)cc2F)C1. The molecular weight excluding hydrogens is 317 g/mol. The van der Waals surface area contributed by atoms with Crippen LogP contribution in [0, 0.1) is 5.82 Å². The molecule has 1 N–H and O–H groups in total. The van der Waals surface area contributed by atoms with E-state index in [1.807, 2.05) is 7.05 Å². The first kappa shape index (κ1) is 16.0. The van der Waals surface area contributed by atoms with Gasteiger partial charge in [-0.05, 0) is 62.0 Å². The average molecular weight is 335 g/mol. The normalized spacial score (nSPS) is 19.1. The van der Waals surface area contributed by atoms with Crippen LogP contribution in [0.15, 0.2) is 52.3 Å². The number of phenols is 1.